The van der Waals surface area contributed by atoms with Crippen LogP contribution in [0.2, 0.25) is 5.02 Å². The zero-order valence-corrected chi connectivity index (χ0v) is 23.3. The smallest absolute Gasteiger partial charge is 0.354 e. The molecule has 1 aromatic carbocycles. The molecular weight excluding hydrogens is 551 g/mol. The van der Waals surface area contributed by atoms with Gasteiger partial charge in [-0.25, -0.2) is 9.55 Å². The van der Waals surface area contributed by atoms with Crippen LogP contribution < -0.4 is 16.2 Å². The summed E-state index contributed by atoms with van der Waals surface area (Å²) < 4.78 is 43.0. The third kappa shape index (κ3) is 5.42. The molecule has 0 aliphatic carbocycles. The third-order valence-electron chi connectivity index (χ3n) is 6.57. The summed E-state index contributed by atoms with van der Waals surface area (Å²) in [6, 6.07) is 3.87. The maximum absolute atomic E-state index is 13.8. The Balaban J connectivity index is 1.79. The Hall–Kier alpha value is -3.87. The van der Waals surface area contributed by atoms with Crippen LogP contribution in [-0.2, 0) is 25.7 Å². The van der Waals surface area contributed by atoms with Crippen molar-refractivity contribution in [2.75, 3.05) is 12.4 Å². The van der Waals surface area contributed by atoms with Crippen molar-refractivity contribution >= 4 is 29.4 Å². The highest BCUT2D eigenvalue weighted by atomic mass is 35.5. The van der Waals surface area contributed by atoms with Crippen molar-refractivity contribution in [3.8, 4) is 5.82 Å². The van der Waals surface area contributed by atoms with Crippen LogP contribution in [0.4, 0.5) is 19.1 Å². The van der Waals surface area contributed by atoms with E-state index in [0.29, 0.717) is 17.8 Å². The summed E-state index contributed by atoms with van der Waals surface area (Å²) in [4.78, 5) is 45.6. The van der Waals surface area contributed by atoms with Crippen LogP contribution in [0.3, 0.4) is 0 Å². The summed E-state index contributed by atoms with van der Waals surface area (Å²) in [5.74, 6) is -0.634. The highest BCUT2D eigenvalue weighted by Crippen LogP contribution is 2.36. The largest absolute Gasteiger partial charge is 0.417 e. The molecular formula is C26H29ClF3N7O3. The second-order valence-corrected chi connectivity index (χ2v) is 10.2. The first-order valence-corrected chi connectivity index (χ1v) is 13.0. The van der Waals surface area contributed by atoms with Crippen LogP contribution in [0, 0.1) is 0 Å². The first-order valence-electron chi connectivity index (χ1n) is 12.7. The average molecular weight is 580 g/mol. The van der Waals surface area contributed by atoms with Crippen molar-refractivity contribution in [2.24, 2.45) is 0 Å². The van der Waals surface area contributed by atoms with Crippen LogP contribution >= 0.6 is 11.6 Å². The van der Waals surface area contributed by atoms with Gasteiger partial charge in [0, 0.05) is 42.9 Å². The van der Waals surface area contributed by atoms with E-state index in [-0.39, 0.29) is 47.9 Å². The fourth-order valence-corrected chi connectivity index (χ4v) is 4.83. The van der Waals surface area contributed by atoms with E-state index in [1.807, 2.05) is 20.8 Å². The number of nitrogens with one attached hydrogen (secondary N) is 2. The van der Waals surface area contributed by atoms with Crippen molar-refractivity contribution < 1.29 is 22.8 Å². The Bertz CT molecular complexity index is 1530. The first-order chi connectivity index (χ1) is 18.8. The van der Waals surface area contributed by atoms with E-state index in [9.17, 15) is 27.6 Å². The fraction of sp³-hybridized carbons (Fsp3) is 0.423. The van der Waals surface area contributed by atoms with Crippen LogP contribution in [0.15, 0.2) is 29.1 Å². The third-order valence-corrected chi connectivity index (χ3v) is 6.90. The number of benzene rings is 1. The van der Waals surface area contributed by atoms with Gasteiger partial charge >= 0.3 is 6.18 Å². The Morgan fingerprint density at radius 3 is 2.52 bits per heavy atom. The number of carbonyl (C=O) groups is 2. The number of nitrogens with zero attached hydrogens (tertiary/aromatic N) is 5. The monoisotopic (exact) mass is 579 g/mol. The predicted octanol–water partition coefficient (Wildman–Crippen LogP) is 3.89. The van der Waals surface area contributed by atoms with Gasteiger partial charge in [-0.1, -0.05) is 11.6 Å². The molecule has 2 N–H and O–H groups in total. The van der Waals surface area contributed by atoms with Crippen LogP contribution in [-0.4, -0.2) is 55.2 Å². The Labute approximate surface area is 233 Å². The van der Waals surface area contributed by atoms with Gasteiger partial charge in [-0.2, -0.15) is 18.3 Å². The van der Waals surface area contributed by atoms with E-state index < -0.39 is 34.3 Å². The highest BCUT2D eigenvalue weighted by molar-refractivity contribution is 6.31. The maximum atomic E-state index is 13.8. The van der Waals surface area contributed by atoms with Crippen molar-refractivity contribution in [3.05, 3.63) is 67.7 Å². The number of aryl methyl sites for hydroxylation is 1. The molecule has 10 nitrogen and oxygen atoms in total. The first kappa shape index (κ1) is 29.1. The number of anilines is 1. The maximum Gasteiger partial charge on any atom is 0.417 e. The van der Waals surface area contributed by atoms with Gasteiger partial charge in [-0.3, -0.25) is 19.1 Å². The molecule has 2 amide bonds. The minimum atomic E-state index is -4.72. The lowest BCUT2D eigenvalue weighted by molar-refractivity contribution is -0.137. The molecule has 40 heavy (non-hydrogen) atoms. The van der Waals surface area contributed by atoms with Crippen LogP contribution in [0.25, 0.3) is 5.82 Å². The summed E-state index contributed by atoms with van der Waals surface area (Å²) in [6.07, 6.45) is -4.61. The van der Waals surface area contributed by atoms with E-state index in [4.69, 9.17) is 11.6 Å². The van der Waals surface area contributed by atoms with E-state index in [0.717, 1.165) is 12.1 Å². The standard InChI is InChI=1S/C26H29ClF3N7O3/c1-6-36-20(22(38)31-5)11-21(34-36)37-24(40)16-9-14(4)35(12-19(16)33-25(37)32-13(2)3)23(39)15-7-8-18(27)17(10-15)26(28,29)30/h7-8,10-11,13-14H,6,9,12H2,1-5H3,(H,31,38)(H,32,33)/t14-/m1/s1. The zero-order chi connectivity index (χ0) is 29.5. The van der Waals surface area contributed by atoms with Crippen molar-refractivity contribution in [1.29, 1.82) is 0 Å². The van der Waals surface area contributed by atoms with Crippen molar-refractivity contribution in [3.63, 3.8) is 0 Å². The van der Waals surface area contributed by atoms with Crippen LogP contribution in [0.5, 0.6) is 0 Å². The Morgan fingerprint density at radius 2 is 1.93 bits per heavy atom. The number of hydrogen-bond acceptors (Lipinski definition) is 6. The molecule has 3 aromatic rings. The molecule has 0 saturated heterocycles. The second kappa shape index (κ2) is 11.0. The van der Waals surface area contributed by atoms with Gasteiger partial charge in [0.25, 0.3) is 17.4 Å². The second-order valence-electron chi connectivity index (χ2n) is 9.76. The van der Waals surface area contributed by atoms with Gasteiger partial charge in [-0.15, -0.1) is 0 Å². The van der Waals surface area contributed by atoms with Gasteiger partial charge in [0.1, 0.15) is 5.69 Å². The molecule has 1 aliphatic rings. The topological polar surface area (TPSA) is 114 Å². The quantitative estimate of drug-likeness (QED) is 0.458. The molecule has 0 unspecified atom stereocenters. The summed E-state index contributed by atoms with van der Waals surface area (Å²) >= 11 is 5.73. The Kier molecular flexibility index (Phi) is 7.97. The molecule has 0 spiro atoms. The normalized spacial score (nSPS) is 15.2. The number of aromatic nitrogens is 4. The average Bonchev–Trinajstić information content (AvgIpc) is 3.31. The van der Waals surface area contributed by atoms with E-state index in [2.05, 4.69) is 20.7 Å². The molecule has 1 aliphatic heterocycles. The minimum absolute atomic E-state index is 0.0882. The Morgan fingerprint density at radius 1 is 1.23 bits per heavy atom. The van der Waals surface area contributed by atoms with Gasteiger partial charge < -0.3 is 15.5 Å². The number of carbonyl (C=O) groups excluding carboxylic acids is 2. The molecule has 14 heteroatoms. The summed E-state index contributed by atoms with van der Waals surface area (Å²) in [7, 11) is 1.50. The number of amides is 2. The molecule has 4 rings (SSSR count). The molecule has 0 saturated carbocycles. The zero-order valence-electron chi connectivity index (χ0n) is 22.6. The molecule has 3 heterocycles. The highest BCUT2D eigenvalue weighted by Gasteiger charge is 2.36. The predicted molar refractivity (Wildman–Crippen MR) is 143 cm³/mol. The van der Waals surface area contributed by atoms with E-state index >= 15 is 0 Å². The summed E-state index contributed by atoms with van der Waals surface area (Å²) in [5.41, 5.74) is -0.744. The number of halogens is 4. The van der Waals surface area contributed by atoms with E-state index in [1.165, 1.54) is 33.3 Å². The fourth-order valence-electron chi connectivity index (χ4n) is 4.60. The van der Waals surface area contributed by atoms with Crippen molar-refractivity contribution in [1.82, 2.24) is 29.5 Å². The molecule has 1 atom stereocenters. The van der Waals surface area contributed by atoms with Crippen LogP contribution in [0.1, 0.15) is 65.4 Å². The number of fused-ring (bicyclic) bond motifs is 1. The van der Waals surface area contributed by atoms with Gasteiger partial charge in [-0.05, 0) is 52.3 Å². The summed E-state index contributed by atoms with van der Waals surface area (Å²) in [6.45, 7) is 7.53. The SMILES string of the molecule is CCn1nc(-n2c(NC(C)C)nc3c(c2=O)C[C@@H](C)N(C(=O)c2ccc(Cl)c(C(F)(F)F)c2)C3)cc1C(=O)NC. The number of hydrogen-bond donors (Lipinski definition) is 2. The van der Waals surface area contributed by atoms with E-state index in [1.54, 1.807) is 6.92 Å². The van der Waals surface area contributed by atoms with Gasteiger partial charge in [0.05, 0.1) is 22.8 Å². The van der Waals surface area contributed by atoms with Gasteiger partial charge in [0.2, 0.25) is 5.95 Å². The molecule has 2 aromatic heterocycles. The lowest BCUT2D eigenvalue weighted by Crippen LogP contribution is -2.46. The number of alkyl halides is 3. The van der Waals surface area contributed by atoms with Crippen molar-refractivity contribution in [2.45, 2.75) is 65.5 Å². The molecule has 0 bridgehead atoms. The molecule has 0 fully saturated rings. The molecule has 0 radical (unpaired) electrons. The van der Waals surface area contributed by atoms with Gasteiger partial charge in [0.15, 0.2) is 5.82 Å². The molecule has 214 valence electrons. The number of rotatable bonds is 6. The lowest BCUT2D eigenvalue weighted by atomic mass is 9.98. The summed E-state index contributed by atoms with van der Waals surface area (Å²) in [5, 5.41) is 9.64. The lowest BCUT2D eigenvalue weighted by Gasteiger charge is -2.34. The minimum Gasteiger partial charge on any atom is -0.354 e.